The molecule has 3 aromatic rings. The molecule has 4 heteroatoms. The second-order valence-corrected chi connectivity index (χ2v) is 4.66. The quantitative estimate of drug-likeness (QED) is 0.761. The summed E-state index contributed by atoms with van der Waals surface area (Å²) in [5, 5.41) is 0.392. The van der Waals surface area contributed by atoms with Crippen molar-refractivity contribution in [3.63, 3.8) is 0 Å². The molecule has 0 fully saturated rings. The van der Waals surface area contributed by atoms with Crippen LogP contribution < -0.4 is 0 Å². The first-order valence-corrected chi connectivity index (χ1v) is 6.36. The number of H-pyrrole nitrogens is 1. The van der Waals surface area contributed by atoms with E-state index in [-0.39, 0.29) is 0 Å². The topological polar surface area (TPSA) is 41.6 Å². The molecule has 0 aliphatic rings. The van der Waals surface area contributed by atoms with Crippen molar-refractivity contribution in [2.45, 2.75) is 6.92 Å². The molecule has 1 aromatic carbocycles. The third-order valence-corrected chi connectivity index (χ3v) is 3.09. The number of nitrogens with one attached hydrogen (secondary N) is 1. The van der Waals surface area contributed by atoms with E-state index in [2.05, 4.69) is 15.0 Å². The Morgan fingerprint density at radius 2 is 1.84 bits per heavy atom. The molecule has 3 rings (SSSR count). The largest absolute Gasteiger partial charge is 0.328 e. The van der Waals surface area contributed by atoms with Gasteiger partial charge in [0.05, 0.1) is 11.4 Å². The Hall–Kier alpha value is -2.13. The molecule has 19 heavy (non-hydrogen) atoms. The van der Waals surface area contributed by atoms with Gasteiger partial charge in [0.1, 0.15) is 0 Å². The lowest BCUT2D eigenvalue weighted by molar-refractivity contribution is 1.20. The number of hydrogen-bond donors (Lipinski definition) is 1. The van der Waals surface area contributed by atoms with Crippen LogP contribution in [-0.4, -0.2) is 15.0 Å². The van der Waals surface area contributed by atoms with Crippen LogP contribution in [0, 0.1) is 6.92 Å². The molecule has 94 valence electrons. The molecule has 0 unspecified atom stereocenters. The van der Waals surface area contributed by atoms with E-state index in [9.17, 15) is 0 Å². The minimum absolute atomic E-state index is 0.392. The Kier molecular flexibility index (Phi) is 3.05. The Bertz CT molecular complexity index is 704. The number of imidazole rings is 1. The van der Waals surface area contributed by atoms with Crippen LogP contribution in [0.15, 0.2) is 48.7 Å². The summed E-state index contributed by atoms with van der Waals surface area (Å²) in [6.45, 7) is 1.96. The van der Waals surface area contributed by atoms with Gasteiger partial charge in [0, 0.05) is 23.0 Å². The van der Waals surface area contributed by atoms with Crippen LogP contribution in [0.2, 0.25) is 5.28 Å². The normalized spacial score (nSPS) is 10.6. The highest BCUT2D eigenvalue weighted by Crippen LogP contribution is 2.31. The Morgan fingerprint density at radius 3 is 2.58 bits per heavy atom. The predicted molar refractivity (Wildman–Crippen MR) is 77.0 cm³/mol. The smallest absolute Gasteiger partial charge is 0.201 e. The fourth-order valence-electron chi connectivity index (χ4n) is 2.06. The number of nitrogens with zero attached hydrogens (tertiary/aromatic N) is 2. The highest BCUT2D eigenvalue weighted by Gasteiger charge is 2.13. The summed E-state index contributed by atoms with van der Waals surface area (Å²) < 4.78 is 0. The second kappa shape index (κ2) is 4.86. The van der Waals surface area contributed by atoms with Gasteiger partial charge in [-0.25, -0.2) is 4.98 Å². The number of aryl methyl sites for hydroxylation is 1. The van der Waals surface area contributed by atoms with Crippen molar-refractivity contribution >= 4 is 11.6 Å². The zero-order valence-electron chi connectivity index (χ0n) is 10.4. The first-order valence-electron chi connectivity index (χ1n) is 5.98. The number of aromatic nitrogens is 3. The predicted octanol–water partition coefficient (Wildman–Crippen LogP) is 4.10. The Labute approximate surface area is 116 Å². The van der Waals surface area contributed by atoms with Gasteiger partial charge in [-0.3, -0.25) is 4.98 Å². The summed E-state index contributed by atoms with van der Waals surface area (Å²) in [4.78, 5) is 11.7. The van der Waals surface area contributed by atoms with Gasteiger partial charge in [0.25, 0.3) is 0 Å². The van der Waals surface area contributed by atoms with E-state index in [0.29, 0.717) is 5.28 Å². The number of rotatable bonds is 2. The van der Waals surface area contributed by atoms with Crippen LogP contribution >= 0.6 is 11.6 Å². The lowest BCUT2D eigenvalue weighted by Crippen LogP contribution is -1.86. The van der Waals surface area contributed by atoms with Crippen molar-refractivity contribution < 1.29 is 0 Å². The van der Waals surface area contributed by atoms with Crippen LogP contribution in [0.3, 0.4) is 0 Å². The van der Waals surface area contributed by atoms with E-state index < -0.39 is 0 Å². The maximum atomic E-state index is 6.02. The van der Waals surface area contributed by atoms with E-state index in [1.807, 2.05) is 49.4 Å². The molecule has 0 aliphatic carbocycles. The maximum absolute atomic E-state index is 6.02. The van der Waals surface area contributed by atoms with Gasteiger partial charge in [0.2, 0.25) is 5.28 Å². The van der Waals surface area contributed by atoms with Crippen molar-refractivity contribution in [3.8, 4) is 22.5 Å². The van der Waals surface area contributed by atoms with Crippen molar-refractivity contribution in [2.75, 3.05) is 0 Å². The highest BCUT2D eigenvalue weighted by atomic mass is 35.5. The molecule has 3 nitrogen and oxygen atoms in total. The average molecular weight is 270 g/mol. The first-order chi connectivity index (χ1) is 9.24. The molecule has 0 saturated heterocycles. The molecule has 1 N–H and O–H groups in total. The molecule has 0 radical (unpaired) electrons. The van der Waals surface area contributed by atoms with Gasteiger partial charge in [-0.1, -0.05) is 30.3 Å². The molecule has 2 aromatic heterocycles. The summed E-state index contributed by atoms with van der Waals surface area (Å²) in [7, 11) is 0. The van der Waals surface area contributed by atoms with Crippen LogP contribution in [0.5, 0.6) is 0 Å². The molecule has 0 bridgehead atoms. The summed E-state index contributed by atoms with van der Waals surface area (Å²) in [5.41, 5.74) is 4.80. The second-order valence-electron chi connectivity index (χ2n) is 4.30. The number of aromatic amines is 1. The van der Waals surface area contributed by atoms with E-state index in [1.54, 1.807) is 6.20 Å². The number of pyridine rings is 1. The first kappa shape index (κ1) is 11.9. The SMILES string of the molecule is Cc1cc(-c2nc(Cl)[nH]c2-c2ccccc2)ccn1. The molecule has 0 amide bonds. The number of benzene rings is 1. The maximum Gasteiger partial charge on any atom is 0.201 e. The summed E-state index contributed by atoms with van der Waals surface area (Å²) >= 11 is 6.02. The van der Waals surface area contributed by atoms with Gasteiger partial charge in [0.15, 0.2) is 0 Å². The zero-order valence-corrected chi connectivity index (χ0v) is 11.1. The van der Waals surface area contributed by atoms with Gasteiger partial charge in [-0.15, -0.1) is 0 Å². The van der Waals surface area contributed by atoms with E-state index >= 15 is 0 Å². The minimum atomic E-state index is 0.392. The standard InChI is InChI=1S/C15H12ClN3/c1-10-9-12(7-8-17-10)14-13(18-15(16)19-14)11-5-3-2-4-6-11/h2-9H,1H3,(H,18,19). The van der Waals surface area contributed by atoms with Crippen LogP contribution in [0.25, 0.3) is 22.5 Å². The van der Waals surface area contributed by atoms with Gasteiger partial charge in [-0.05, 0) is 30.7 Å². The van der Waals surface area contributed by atoms with E-state index in [1.165, 1.54) is 0 Å². The van der Waals surface area contributed by atoms with Crippen molar-refractivity contribution in [2.24, 2.45) is 0 Å². The fourth-order valence-corrected chi connectivity index (χ4v) is 2.24. The molecular weight excluding hydrogens is 258 g/mol. The number of hydrogen-bond acceptors (Lipinski definition) is 2. The Balaban J connectivity index is 2.18. The Morgan fingerprint density at radius 1 is 1.05 bits per heavy atom. The lowest BCUT2D eigenvalue weighted by Gasteiger charge is -2.03. The molecule has 0 saturated carbocycles. The molecule has 0 atom stereocenters. The average Bonchev–Trinajstić information content (AvgIpc) is 2.82. The highest BCUT2D eigenvalue weighted by molar-refractivity contribution is 6.28. The molecule has 2 heterocycles. The zero-order chi connectivity index (χ0) is 13.2. The van der Waals surface area contributed by atoms with Gasteiger partial charge < -0.3 is 4.98 Å². The minimum Gasteiger partial charge on any atom is -0.328 e. The van der Waals surface area contributed by atoms with Crippen LogP contribution in [0.1, 0.15) is 5.69 Å². The summed E-state index contributed by atoms with van der Waals surface area (Å²) in [6.07, 6.45) is 1.78. The van der Waals surface area contributed by atoms with Crippen molar-refractivity contribution in [1.82, 2.24) is 15.0 Å². The monoisotopic (exact) mass is 269 g/mol. The lowest BCUT2D eigenvalue weighted by atomic mass is 10.1. The third-order valence-electron chi connectivity index (χ3n) is 2.91. The van der Waals surface area contributed by atoms with Gasteiger partial charge in [-0.2, -0.15) is 0 Å². The number of halogens is 1. The van der Waals surface area contributed by atoms with Crippen molar-refractivity contribution in [3.05, 3.63) is 59.6 Å². The van der Waals surface area contributed by atoms with Gasteiger partial charge >= 0.3 is 0 Å². The third kappa shape index (κ3) is 2.37. The molecule has 0 spiro atoms. The summed E-state index contributed by atoms with van der Waals surface area (Å²) in [6, 6.07) is 14.0. The van der Waals surface area contributed by atoms with Crippen LogP contribution in [0.4, 0.5) is 0 Å². The summed E-state index contributed by atoms with van der Waals surface area (Å²) in [5.74, 6) is 0. The van der Waals surface area contributed by atoms with Crippen LogP contribution in [-0.2, 0) is 0 Å². The van der Waals surface area contributed by atoms with E-state index in [0.717, 1.165) is 28.2 Å². The van der Waals surface area contributed by atoms with Crippen molar-refractivity contribution in [1.29, 1.82) is 0 Å². The van der Waals surface area contributed by atoms with E-state index in [4.69, 9.17) is 11.6 Å². The molecular formula is C15H12ClN3. The molecule has 0 aliphatic heterocycles. The fraction of sp³-hybridized carbons (Fsp3) is 0.0667.